The molecule has 21 nitrogen and oxygen atoms in total. The van der Waals surface area contributed by atoms with Crippen LogP contribution in [0, 0.1) is 0 Å². The lowest BCUT2D eigenvalue weighted by atomic mass is 10.1. The number of nitrogens with one attached hydrogen (secondary N) is 3. The number of thiophene rings is 5. The van der Waals surface area contributed by atoms with Crippen LogP contribution in [-0.2, 0) is 53.9 Å². The number of aldehydes is 1. The second kappa shape index (κ2) is 33.7. The molecule has 0 unspecified atom stereocenters. The van der Waals surface area contributed by atoms with Gasteiger partial charge in [-0.05, 0) is 131 Å². The third-order valence-electron chi connectivity index (χ3n) is 6.00. The maximum atomic E-state index is 12.0. The molecular formula is C40H63Cl6F3N10O11S10. The van der Waals surface area contributed by atoms with Crippen molar-refractivity contribution >= 4 is 198 Å². The molecule has 462 valence electrons. The standard InChI is InChI=1S/C8H11ClN4O2S2.C8H13ClN2O2S2.C8H12ClNO2S2.C4H2Cl2O2S2.C4H5ClN2O2S2.C4H11N.C2HF3O.2CH4/c1-8(2,3)12-17(14,15)7-5(11-13-10)4-6(9)16-7;1-8(2,3)11-15(12,13)7-5(10)4-6(9)14-7;1-8(2,3)10-14(11,12)7-5-4-6(9)13-7;5-3-1-2-4(9-3)10(6,7)8;5-3-1-2(6)4(10-3)11(7,8)9;1-4(2,3)5;3-2(4,5)1-6;;/h4,12H,1-3H3;4,11H,10H2,1-3H3;4-5,10H,1-3H3;1-2H;1H,6H2,(H2,7,8,9);5H2,1-3H3;1H;2*1H4. The predicted octanol–water partition coefficient (Wildman–Crippen LogP) is 13.7. The molecule has 0 aliphatic rings. The number of anilines is 2. The van der Waals surface area contributed by atoms with Gasteiger partial charge in [0.2, 0.25) is 16.3 Å². The number of carbonyl (C=O) groups is 1. The molecule has 5 aromatic heterocycles. The number of azide groups is 1. The lowest BCUT2D eigenvalue weighted by Gasteiger charge is -2.19. The van der Waals surface area contributed by atoms with Crippen molar-refractivity contribution in [1.29, 1.82) is 0 Å². The molecule has 0 fully saturated rings. The number of halogens is 9. The monoisotopic (exact) mass is 1450 g/mol. The van der Waals surface area contributed by atoms with Crippen LogP contribution in [0.5, 0.6) is 0 Å². The van der Waals surface area contributed by atoms with Crippen LogP contribution in [0.15, 0.2) is 68.6 Å². The van der Waals surface area contributed by atoms with E-state index in [0.29, 0.717) is 17.3 Å². The Hall–Kier alpha value is -1.84. The van der Waals surface area contributed by atoms with E-state index in [1.807, 2.05) is 20.8 Å². The molecule has 0 bridgehead atoms. The van der Waals surface area contributed by atoms with Crippen LogP contribution < -0.4 is 36.5 Å². The van der Waals surface area contributed by atoms with E-state index >= 15 is 0 Å². The first kappa shape index (κ1) is 84.6. The first-order chi connectivity index (χ1) is 34.4. The van der Waals surface area contributed by atoms with Crippen LogP contribution in [0.3, 0.4) is 0 Å². The van der Waals surface area contributed by atoms with Crippen molar-refractivity contribution in [2.24, 2.45) is 16.0 Å². The number of sulfonamides is 4. The van der Waals surface area contributed by atoms with Gasteiger partial charge in [-0.1, -0.05) is 78.0 Å². The SMILES string of the molecule is C.C.CC(C)(C)N.CC(C)(C)NS(=O)(=O)c1ccc(Cl)s1.CC(C)(C)NS(=O)(=O)c1sc(Cl)cc1N.CC(C)(C)NS(=O)(=O)c1sc(Cl)cc1N=[N+]=[N-].Nc1cc(Cl)sc1S(N)(=O)=O.O=CC(F)(F)F.O=S(=O)(Cl)c1ccc(Cl)s1. The normalized spacial score (nSPS) is 12.0. The summed E-state index contributed by atoms with van der Waals surface area (Å²) in [6.07, 6.45) is -5.70. The number of carbonyl (C=O) groups excluding carboxylic acids is 1. The summed E-state index contributed by atoms with van der Waals surface area (Å²) >= 11 is 32.7. The van der Waals surface area contributed by atoms with Gasteiger partial charge in [0.1, 0.15) is 12.6 Å². The summed E-state index contributed by atoms with van der Waals surface area (Å²) in [5, 5.41) is 8.13. The van der Waals surface area contributed by atoms with E-state index < -0.39 is 78.2 Å². The quantitative estimate of drug-likeness (QED) is 0.0237. The number of primary sulfonamides is 1. The number of hydrogen-bond donors (Lipinski definition) is 7. The van der Waals surface area contributed by atoms with E-state index in [1.54, 1.807) is 68.4 Å². The zero-order valence-corrected chi connectivity index (χ0v) is 55.4. The summed E-state index contributed by atoms with van der Waals surface area (Å²) in [6, 6.07) is 10.0. The summed E-state index contributed by atoms with van der Waals surface area (Å²) in [5.41, 5.74) is 23.2. The zero-order valence-electron chi connectivity index (χ0n) is 42.7. The molecular weight excluding hydrogens is 1390 g/mol. The van der Waals surface area contributed by atoms with Crippen molar-refractivity contribution in [2.75, 3.05) is 11.5 Å². The van der Waals surface area contributed by atoms with E-state index in [9.17, 15) is 55.3 Å². The molecule has 0 radical (unpaired) electrons. The van der Waals surface area contributed by atoms with Crippen LogP contribution in [-0.4, -0.2) is 76.7 Å². The molecule has 0 aliphatic heterocycles. The molecule has 0 amide bonds. The molecule has 5 rings (SSSR count). The van der Waals surface area contributed by atoms with Crippen LogP contribution in [0.25, 0.3) is 10.4 Å². The highest BCUT2D eigenvalue weighted by molar-refractivity contribution is 8.15. The lowest BCUT2D eigenvalue weighted by molar-refractivity contribution is -0.156. The van der Waals surface area contributed by atoms with Crippen molar-refractivity contribution in [2.45, 2.75) is 147 Å². The number of alkyl halides is 3. The van der Waals surface area contributed by atoms with Gasteiger partial charge in [-0.3, -0.25) is 4.79 Å². The first-order valence-electron chi connectivity index (χ1n) is 20.3. The summed E-state index contributed by atoms with van der Waals surface area (Å²) in [6.45, 7) is 21.7. The number of nitrogen functional groups attached to an aromatic ring is 2. The molecule has 5 heterocycles. The first-order valence-corrected chi connectivity index (χ1v) is 34.6. The summed E-state index contributed by atoms with van der Waals surface area (Å²) < 4.78 is 155. The fourth-order valence-corrected chi connectivity index (χ4v) is 17.6. The number of nitrogens with two attached hydrogens (primary N) is 4. The van der Waals surface area contributed by atoms with E-state index in [4.69, 9.17) is 101 Å². The van der Waals surface area contributed by atoms with E-state index in [2.05, 4.69) is 24.2 Å². The fraction of sp³-hybridized carbons (Fsp3) is 0.475. The Morgan fingerprint density at radius 1 is 0.550 bits per heavy atom. The predicted molar refractivity (Wildman–Crippen MR) is 328 cm³/mol. The zero-order chi connectivity index (χ0) is 62.2. The minimum absolute atomic E-state index is 0. The maximum absolute atomic E-state index is 12.0. The summed E-state index contributed by atoms with van der Waals surface area (Å²) in [5.74, 6) is 0. The van der Waals surface area contributed by atoms with Crippen molar-refractivity contribution in [1.82, 2.24) is 14.2 Å². The maximum Gasteiger partial charge on any atom is 0.446 e. The van der Waals surface area contributed by atoms with Gasteiger partial charge < -0.3 is 17.2 Å². The Bertz CT molecular complexity index is 3390. The molecule has 11 N–H and O–H groups in total. The Morgan fingerprint density at radius 3 is 1.09 bits per heavy atom. The molecule has 0 aromatic carbocycles. The highest BCUT2D eigenvalue weighted by Crippen LogP contribution is 2.38. The van der Waals surface area contributed by atoms with Crippen LogP contribution in [0.2, 0.25) is 21.7 Å². The lowest BCUT2D eigenvalue weighted by Crippen LogP contribution is -2.40. The van der Waals surface area contributed by atoms with Gasteiger partial charge in [-0.15, -0.1) is 56.7 Å². The number of nitrogens with zero attached hydrogens (tertiary/aromatic N) is 3. The van der Waals surface area contributed by atoms with E-state index in [-0.39, 0.29) is 62.8 Å². The number of hydrogen-bond acceptors (Lipinski definition) is 20. The van der Waals surface area contributed by atoms with Gasteiger partial charge in [0.05, 0.1) is 38.7 Å². The van der Waals surface area contributed by atoms with Gasteiger partial charge in [-0.25, -0.2) is 61.4 Å². The third kappa shape index (κ3) is 38.2. The molecule has 0 atom stereocenters. The molecule has 0 saturated heterocycles. The van der Waals surface area contributed by atoms with Gasteiger partial charge in [0.25, 0.3) is 39.1 Å². The van der Waals surface area contributed by atoms with E-state index in [0.717, 1.165) is 56.7 Å². The van der Waals surface area contributed by atoms with Gasteiger partial charge >= 0.3 is 6.18 Å². The van der Waals surface area contributed by atoms with Crippen molar-refractivity contribution < 1.29 is 60.1 Å². The second-order valence-electron chi connectivity index (χ2n) is 18.7. The fourth-order valence-electron chi connectivity index (χ4n) is 4.02. The Balaban J connectivity index is -0.000000432. The third-order valence-corrected chi connectivity index (χ3v) is 22.7. The van der Waals surface area contributed by atoms with Crippen LogP contribution in [0.4, 0.5) is 30.2 Å². The minimum Gasteiger partial charge on any atom is -0.397 e. The van der Waals surface area contributed by atoms with Crippen molar-refractivity contribution in [3.05, 3.63) is 74.6 Å². The smallest absolute Gasteiger partial charge is 0.397 e. The number of rotatable bonds is 9. The molecule has 40 heteroatoms. The Kier molecular flexibility index (Phi) is 35.7. The minimum atomic E-state index is -4.64. The van der Waals surface area contributed by atoms with Crippen molar-refractivity contribution in [3.63, 3.8) is 0 Å². The molecule has 80 heavy (non-hydrogen) atoms. The van der Waals surface area contributed by atoms with Gasteiger partial charge in [0, 0.05) is 37.7 Å². The van der Waals surface area contributed by atoms with E-state index in [1.165, 1.54) is 36.4 Å². The highest BCUT2D eigenvalue weighted by Gasteiger charge is 2.28. The molecule has 0 aliphatic carbocycles. The second-order valence-corrected chi connectivity index (χ2v) is 37.4. The van der Waals surface area contributed by atoms with Gasteiger partial charge in [-0.2, -0.15) is 13.2 Å². The average Bonchev–Trinajstić information content (AvgIpc) is 4.02. The molecule has 0 spiro atoms. The highest BCUT2D eigenvalue weighted by atomic mass is 35.7. The van der Waals surface area contributed by atoms with Gasteiger partial charge in [0.15, 0.2) is 8.42 Å². The largest absolute Gasteiger partial charge is 0.446 e. The Morgan fingerprint density at radius 2 is 0.850 bits per heavy atom. The average molecular weight is 1450 g/mol. The molecule has 5 aromatic rings. The van der Waals surface area contributed by atoms with Crippen LogP contribution in [0.1, 0.15) is 97.9 Å². The van der Waals surface area contributed by atoms with Crippen molar-refractivity contribution in [3.8, 4) is 0 Å². The topological polar surface area (TPSA) is 377 Å². The summed E-state index contributed by atoms with van der Waals surface area (Å²) in [4.78, 5) is 11.3. The van der Waals surface area contributed by atoms with Crippen LogP contribution >= 0.6 is 125 Å². The molecule has 0 saturated carbocycles. The summed E-state index contributed by atoms with van der Waals surface area (Å²) in [7, 11) is -13.0. The Labute approximate surface area is 516 Å².